The highest BCUT2D eigenvalue weighted by Gasteiger charge is 2.14. The molecular weight excluding hydrogens is 1380 g/mol. The predicted octanol–water partition coefficient (Wildman–Crippen LogP) is 25.7. The number of aliphatic imine (C=N–C) groups is 1. The second kappa shape index (κ2) is 35.0. The average molecular weight is 1450 g/mol. The first-order valence-corrected chi connectivity index (χ1v) is 37.1. The van der Waals surface area contributed by atoms with Crippen molar-refractivity contribution in [2.75, 3.05) is 0 Å². The number of para-hydroxylation sites is 7. The van der Waals surface area contributed by atoms with Gasteiger partial charge in [0.25, 0.3) is 0 Å². The summed E-state index contributed by atoms with van der Waals surface area (Å²) in [6.45, 7) is 0. The SMILES string of the molecule is O=C1CC=Nc2ccccc21.c1cc2cc3cc[nH]cc-3c2cn1.c1ccc2[nH]ccc2c1.c1ccc2c(c1)[nH]c1ccc3[nH]c4ccccc4c3c12.c1ccc2c(c1)oc1ccccc12.c1ccc2c(c1)sc1ccccc12.c1ccc2ncccc2c1.c1ccc2sccc2c1.c1ccnnc1.c1cocn1. The second-order valence-corrected chi connectivity index (χ2v) is 26.9. The molecule has 0 saturated heterocycles. The van der Waals surface area contributed by atoms with Gasteiger partial charge in [0, 0.05) is 169 Å². The normalized spacial score (nSPS) is 11.1. The van der Waals surface area contributed by atoms with Crippen LogP contribution < -0.4 is 0 Å². The van der Waals surface area contributed by atoms with Crippen molar-refractivity contribution in [2.45, 2.75) is 6.42 Å². The van der Waals surface area contributed by atoms with E-state index in [1.54, 1.807) is 36.1 Å². The Kier molecular flexibility index (Phi) is 22.6. The van der Waals surface area contributed by atoms with Gasteiger partial charge in [0.2, 0.25) is 0 Å². The molecule has 0 unspecified atom stereocenters. The number of pyridine rings is 3. The minimum Gasteiger partial charge on any atom is -0.456 e. The minimum atomic E-state index is 0.163. The van der Waals surface area contributed by atoms with Gasteiger partial charge in [-0.2, -0.15) is 10.2 Å². The van der Waals surface area contributed by atoms with E-state index >= 15 is 0 Å². The summed E-state index contributed by atoms with van der Waals surface area (Å²) in [6, 6.07) is 105. The number of carbonyl (C=O) groups is 1. The van der Waals surface area contributed by atoms with Gasteiger partial charge >= 0.3 is 0 Å². The quantitative estimate of drug-likeness (QED) is 0.116. The zero-order chi connectivity index (χ0) is 73.6. The van der Waals surface area contributed by atoms with E-state index in [1.165, 1.54) is 135 Å². The highest BCUT2D eigenvalue weighted by atomic mass is 32.1. The number of nitrogens with zero attached hydrogens (tertiary/aromatic N) is 6. The first kappa shape index (κ1) is 70.4. The first-order valence-electron chi connectivity index (χ1n) is 35.4. The summed E-state index contributed by atoms with van der Waals surface area (Å²) in [4.78, 5) is 40.4. The molecule has 0 bridgehead atoms. The third-order valence-corrected chi connectivity index (χ3v) is 20.0. The van der Waals surface area contributed by atoms with Gasteiger partial charge in [0.05, 0.1) is 17.4 Å². The molecule has 11 aromatic carbocycles. The number of hydrogen-bond acceptors (Lipinski definition) is 11. The van der Waals surface area contributed by atoms with E-state index in [2.05, 4.69) is 254 Å². The summed E-state index contributed by atoms with van der Waals surface area (Å²) in [7, 11) is 0. The number of hydrogen-bond donors (Lipinski definition) is 4. The van der Waals surface area contributed by atoms with E-state index in [0.717, 1.165) is 27.9 Å². The number of Topliss-reactive ketones (excluding diaryl/α,β-unsaturated/α-hetero) is 1. The lowest BCUT2D eigenvalue weighted by atomic mass is 10.0. The maximum Gasteiger partial charge on any atom is 0.180 e. The molecule has 1 aliphatic carbocycles. The molecule has 3 aliphatic rings. The molecule has 24 rings (SSSR count). The minimum absolute atomic E-state index is 0.163. The van der Waals surface area contributed by atoms with Crippen molar-refractivity contribution in [2.24, 2.45) is 4.99 Å². The Labute approximate surface area is 634 Å². The maximum absolute atomic E-state index is 11.2. The van der Waals surface area contributed by atoms with Gasteiger partial charge in [0.15, 0.2) is 12.2 Å². The predicted molar refractivity (Wildman–Crippen MR) is 455 cm³/mol. The van der Waals surface area contributed by atoms with E-state index in [1.807, 2.05) is 164 Å². The summed E-state index contributed by atoms with van der Waals surface area (Å²) < 4.78 is 14.3. The number of H-pyrrole nitrogens is 4. The van der Waals surface area contributed by atoms with Gasteiger partial charge in [-0.25, -0.2) is 4.98 Å². The summed E-state index contributed by atoms with van der Waals surface area (Å²) >= 11 is 3.65. The Bertz CT molecular complexity index is 6260. The van der Waals surface area contributed by atoms with Gasteiger partial charge in [-0.15, -0.1) is 22.7 Å². The van der Waals surface area contributed by atoms with E-state index < -0.39 is 0 Å². The van der Waals surface area contributed by atoms with Crippen LogP contribution in [0.3, 0.4) is 0 Å². The number of aromatic amines is 4. The van der Waals surface area contributed by atoms with Crippen LogP contribution in [0.2, 0.25) is 0 Å². The Morgan fingerprint density at radius 1 is 0.394 bits per heavy atom. The number of rotatable bonds is 0. The molecule has 0 amide bonds. The highest BCUT2D eigenvalue weighted by molar-refractivity contribution is 7.25. The molecule has 10 aromatic heterocycles. The summed E-state index contributed by atoms with van der Waals surface area (Å²) in [6.07, 6.45) is 21.3. The molecule has 526 valence electrons. The molecule has 21 aromatic rings. The first-order chi connectivity index (χ1) is 54.0. The summed E-state index contributed by atoms with van der Waals surface area (Å²) in [5.74, 6) is 0.163. The van der Waals surface area contributed by atoms with E-state index in [4.69, 9.17) is 4.42 Å². The number of ketones is 1. The molecule has 0 fully saturated rings. The summed E-state index contributed by atoms with van der Waals surface area (Å²) in [5, 5.41) is 25.8. The fourth-order valence-electron chi connectivity index (χ4n) is 12.9. The van der Waals surface area contributed by atoms with Crippen molar-refractivity contribution in [3.63, 3.8) is 0 Å². The van der Waals surface area contributed by atoms with Crippen LogP contribution in [0.15, 0.2) is 397 Å². The van der Waals surface area contributed by atoms with E-state index in [9.17, 15) is 4.79 Å². The van der Waals surface area contributed by atoms with Crippen LogP contribution in [0.5, 0.6) is 0 Å². The molecular formula is C94H70N10O3S2. The van der Waals surface area contributed by atoms with Crippen molar-refractivity contribution in [1.29, 1.82) is 0 Å². The second-order valence-electron chi connectivity index (χ2n) is 24.8. The number of furan rings is 1. The Morgan fingerprint density at radius 2 is 0.972 bits per heavy atom. The molecule has 4 N–H and O–H groups in total. The number of aromatic nitrogens is 9. The lowest BCUT2D eigenvalue weighted by Gasteiger charge is -2.06. The van der Waals surface area contributed by atoms with Crippen molar-refractivity contribution in [1.82, 2.24) is 45.1 Å². The Morgan fingerprint density at radius 3 is 1.59 bits per heavy atom. The maximum atomic E-state index is 11.2. The van der Waals surface area contributed by atoms with Gasteiger partial charge < -0.3 is 28.8 Å². The molecule has 0 spiro atoms. The number of carbonyl (C=O) groups excluding carboxylic acids is 1. The molecule has 0 saturated carbocycles. The number of nitrogens with one attached hydrogen (secondary N) is 4. The molecule has 12 heterocycles. The molecule has 15 heteroatoms. The lowest BCUT2D eigenvalue weighted by molar-refractivity contribution is 0.100. The van der Waals surface area contributed by atoms with Gasteiger partial charge in [-0.05, 0) is 154 Å². The van der Waals surface area contributed by atoms with Crippen LogP contribution in [-0.4, -0.2) is 57.1 Å². The standard InChI is InChI=1S/C18H12N2.C12H8O.C12H8S.C11H8N2.C9H7NO.C9H7N.C8H7N.C8H6S.C4H4N2.C3H3NO/c1-3-7-13-11(5-1)17-15(19-13)9-10-16-18(17)12-6-2-4-8-14(12)20-16;2*1-3-7-11-9(5-1)10-6-2-4-8-12(10)13-11;1-3-12-6-10-8(1)5-9-2-4-13-7-11(9)10;11-9-5-6-10-8-4-2-1-3-7(8)9;1-2-6-9-8(4-1)5-3-7-10-9;2*1-2-4-8-7(3-1)5-6-9-8;1-2-4-6-5-3-1;1-2-5-3-4-1/h1-10,19-20H;2*1-8H;1-7,12H;1-4,6H,5H2;1-7H;1-6,9H;1-6H;1-4H;1-3H. The topological polar surface area (TPSA) is 183 Å². The molecule has 0 atom stereocenters. The van der Waals surface area contributed by atoms with Crippen molar-refractivity contribution in [3.8, 4) is 11.1 Å². The lowest BCUT2D eigenvalue weighted by Crippen LogP contribution is -2.03. The zero-order valence-electron chi connectivity index (χ0n) is 58.9. The monoisotopic (exact) mass is 1450 g/mol. The van der Waals surface area contributed by atoms with Crippen LogP contribution >= 0.6 is 22.7 Å². The zero-order valence-corrected chi connectivity index (χ0v) is 60.5. The molecule has 2 aliphatic heterocycles. The van der Waals surface area contributed by atoms with E-state index in [0.29, 0.717) is 6.42 Å². The third kappa shape index (κ3) is 17.1. The molecule has 0 radical (unpaired) electrons. The number of oxazole rings is 1. The summed E-state index contributed by atoms with van der Waals surface area (Å²) in [5.41, 5.74) is 13.0. The van der Waals surface area contributed by atoms with Gasteiger partial charge in [-0.3, -0.25) is 19.8 Å². The largest absolute Gasteiger partial charge is 0.456 e. The van der Waals surface area contributed by atoms with Crippen LogP contribution in [0.25, 0.3) is 140 Å². The van der Waals surface area contributed by atoms with Crippen LogP contribution in [0.1, 0.15) is 16.8 Å². The number of fused-ring (bicyclic) bond motifs is 20. The molecule has 109 heavy (non-hydrogen) atoms. The smallest absolute Gasteiger partial charge is 0.180 e. The number of benzene rings is 11. The van der Waals surface area contributed by atoms with Crippen molar-refractivity contribution >= 4 is 169 Å². The fraction of sp³-hybridized carbons (Fsp3) is 0.0106. The van der Waals surface area contributed by atoms with Gasteiger partial charge in [0.1, 0.15) is 17.4 Å². The third-order valence-electron chi connectivity index (χ3n) is 17.9. The Hall–Kier alpha value is -14.3. The van der Waals surface area contributed by atoms with Gasteiger partial charge in [-0.1, -0.05) is 182 Å². The molecule has 13 nitrogen and oxygen atoms in total. The average Bonchev–Trinajstić information content (AvgIpc) is 1.58. The fourth-order valence-corrected chi connectivity index (χ4v) is 14.8. The van der Waals surface area contributed by atoms with Crippen molar-refractivity contribution in [3.05, 3.63) is 389 Å². The van der Waals surface area contributed by atoms with E-state index in [-0.39, 0.29) is 5.78 Å². The van der Waals surface area contributed by atoms with Crippen LogP contribution in [0.4, 0.5) is 5.69 Å². The van der Waals surface area contributed by atoms with Crippen LogP contribution in [0, 0.1) is 0 Å². The highest BCUT2D eigenvalue weighted by Crippen LogP contribution is 2.38. The Balaban J connectivity index is 0.0000000983. The van der Waals surface area contributed by atoms with Crippen LogP contribution in [-0.2, 0) is 0 Å². The van der Waals surface area contributed by atoms with Crippen molar-refractivity contribution < 1.29 is 13.6 Å². The number of thiophene rings is 2.